The van der Waals surface area contributed by atoms with E-state index in [0.29, 0.717) is 11.5 Å². The van der Waals surface area contributed by atoms with Crippen LogP contribution in [0.2, 0.25) is 0 Å². The van der Waals surface area contributed by atoms with Gasteiger partial charge in [-0.05, 0) is 37.4 Å². The van der Waals surface area contributed by atoms with Crippen molar-refractivity contribution in [2.24, 2.45) is 0 Å². The quantitative estimate of drug-likeness (QED) is 0.794. The van der Waals surface area contributed by atoms with Gasteiger partial charge in [0.2, 0.25) is 5.95 Å². The lowest BCUT2D eigenvalue weighted by atomic mass is 9.94. The molecule has 1 aliphatic rings. The van der Waals surface area contributed by atoms with Crippen LogP contribution in [0.15, 0.2) is 60.5 Å². The predicted molar refractivity (Wildman–Crippen MR) is 113 cm³/mol. The van der Waals surface area contributed by atoms with Crippen LogP contribution in [-0.2, 0) is 4.74 Å². The second-order valence-corrected chi connectivity index (χ2v) is 6.08. The van der Waals surface area contributed by atoms with Crippen LogP contribution in [0, 0.1) is 11.3 Å². The summed E-state index contributed by atoms with van der Waals surface area (Å²) in [5, 5.41) is 15.4. The third kappa shape index (κ3) is 5.26. The average molecular weight is 377 g/mol. The largest absolute Gasteiger partial charge is 0.372 e. The van der Waals surface area contributed by atoms with Gasteiger partial charge in [0.15, 0.2) is 0 Å². The smallest absolute Gasteiger partial charge is 0.227 e. The topological polar surface area (TPSA) is 82.9 Å². The summed E-state index contributed by atoms with van der Waals surface area (Å²) in [4.78, 5) is 8.84. The van der Waals surface area contributed by atoms with Crippen molar-refractivity contribution in [3.63, 3.8) is 0 Å². The van der Waals surface area contributed by atoms with Crippen LogP contribution in [-0.4, -0.2) is 36.3 Å². The molecule has 28 heavy (non-hydrogen) atoms. The first-order valence-corrected chi connectivity index (χ1v) is 9.38. The second-order valence-electron chi connectivity index (χ2n) is 6.08. The van der Waals surface area contributed by atoms with Crippen molar-refractivity contribution in [2.75, 3.05) is 26.0 Å². The van der Waals surface area contributed by atoms with Crippen molar-refractivity contribution in [1.29, 1.82) is 5.26 Å². The van der Waals surface area contributed by atoms with Gasteiger partial charge in [-0.2, -0.15) is 5.26 Å². The normalized spacial score (nSPS) is 17.8. The van der Waals surface area contributed by atoms with E-state index in [2.05, 4.69) is 32.7 Å². The third-order valence-corrected chi connectivity index (χ3v) is 4.32. The second kappa shape index (κ2) is 10.4. The molecule has 2 aromatic rings. The monoisotopic (exact) mass is 377 g/mol. The molecular weight excluding hydrogens is 350 g/mol. The van der Waals surface area contributed by atoms with Crippen molar-refractivity contribution in [3.8, 4) is 17.3 Å². The number of allylic oxidation sites excluding steroid dienone is 1. The van der Waals surface area contributed by atoms with Gasteiger partial charge >= 0.3 is 0 Å². The Labute approximate surface area is 167 Å². The fraction of sp³-hybridized carbons (Fsp3) is 0.318. The summed E-state index contributed by atoms with van der Waals surface area (Å²) in [6.45, 7) is 4.74. The zero-order chi connectivity index (χ0) is 20.4. The van der Waals surface area contributed by atoms with Crippen LogP contribution in [0.1, 0.15) is 25.8 Å². The lowest BCUT2D eigenvalue weighted by Crippen LogP contribution is -2.40. The molecule has 6 heteroatoms. The molecule has 1 heterocycles. The molecule has 0 spiro atoms. The van der Waals surface area contributed by atoms with Crippen LogP contribution in [0.25, 0.3) is 11.3 Å². The Hall–Kier alpha value is -3.01. The van der Waals surface area contributed by atoms with E-state index in [-0.39, 0.29) is 5.60 Å². The molecule has 0 amide bonds. The molecule has 0 saturated carbocycles. The molecule has 6 nitrogen and oxygen atoms in total. The lowest BCUT2D eigenvalue weighted by Gasteiger charge is -2.30. The molecule has 1 aliphatic carbocycles. The van der Waals surface area contributed by atoms with E-state index in [1.807, 2.05) is 57.3 Å². The number of hydrogen-bond donors (Lipinski definition) is 2. The Kier molecular flexibility index (Phi) is 7.88. The number of anilines is 1. The minimum atomic E-state index is -0.319. The summed E-state index contributed by atoms with van der Waals surface area (Å²) >= 11 is 0. The van der Waals surface area contributed by atoms with Gasteiger partial charge in [-0.1, -0.05) is 32.1 Å². The highest BCUT2D eigenvalue weighted by molar-refractivity contribution is 5.62. The number of likely N-dealkylation sites (N-methyl/N-ethyl adjacent to an activating group) is 1. The minimum Gasteiger partial charge on any atom is -0.372 e. The van der Waals surface area contributed by atoms with Crippen molar-refractivity contribution in [3.05, 3.63) is 66.0 Å². The number of nitrogens with one attached hydrogen (secondary N) is 2. The van der Waals surface area contributed by atoms with Gasteiger partial charge < -0.3 is 15.4 Å². The standard InChI is InChI=1S/C20H21N5O.C2H6/c1-22-14-20(26-2)9-6-17(7-10-20)24-19-23-11-8-18(25-19)16-5-3-4-15(12-16)13-21;1-2/h3-9,11-12,22H,10,14H2,1-2H3,(H,23,24,25);1-2H3. The highest BCUT2D eigenvalue weighted by Gasteiger charge is 2.27. The summed E-state index contributed by atoms with van der Waals surface area (Å²) in [5.74, 6) is 0.513. The zero-order valence-electron chi connectivity index (χ0n) is 16.9. The molecule has 146 valence electrons. The average Bonchev–Trinajstić information content (AvgIpc) is 2.77. The molecule has 1 aromatic carbocycles. The molecular formula is C22H27N5O. The molecule has 2 N–H and O–H groups in total. The number of benzene rings is 1. The van der Waals surface area contributed by atoms with E-state index in [9.17, 15) is 0 Å². The molecule has 3 rings (SSSR count). The Morgan fingerprint density at radius 2 is 2.11 bits per heavy atom. The molecule has 0 aliphatic heterocycles. The van der Waals surface area contributed by atoms with E-state index in [4.69, 9.17) is 10.00 Å². The maximum atomic E-state index is 9.06. The van der Waals surface area contributed by atoms with E-state index in [0.717, 1.165) is 29.9 Å². The molecule has 1 aromatic heterocycles. The molecule has 0 saturated heterocycles. The molecule has 1 atom stereocenters. The number of ether oxygens (including phenoxy) is 1. The number of nitrogens with zero attached hydrogens (tertiary/aromatic N) is 3. The van der Waals surface area contributed by atoms with Gasteiger partial charge in [0, 0.05) is 37.5 Å². The van der Waals surface area contributed by atoms with Crippen LogP contribution in [0.4, 0.5) is 5.95 Å². The number of methoxy groups -OCH3 is 1. The highest BCUT2D eigenvalue weighted by Crippen LogP contribution is 2.25. The van der Waals surface area contributed by atoms with Crippen molar-refractivity contribution < 1.29 is 4.74 Å². The predicted octanol–water partition coefficient (Wildman–Crippen LogP) is 3.90. The summed E-state index contributed by atoms with van der Waals surface area (Å²) in [5.41, 5.74) is 2.86. The van der Waals surface area contributed by atoms with Crippen LogP contribution in [0.5, 0.6) is 0 Å². The lowest BCUT2D eigenvalue weighted by molar-refractivity contribution is 0.0355. The Morgan fingerprint density at radius 3 is 2.75 bits per heavy atom. The number of aromatic nitrogens is 2. The van der Waals surface area contributed by atoms with Crippen LogP contribution < -0.4 is 10.6 Å². The minimum absolute atomic E-state index is 0.319. The SMILES string of the molecule is CC.CNCC1(OC)C=CC(Nc2nccc(-c3cccc(C#N)c3)n2)=CC1. The number of rotatable bonds is 6. The highest BCUT2D eigenvalue weighted by atomic mass is 16.5. The summed E-state index contributed by atoms with van der Waals surface area (Å²) in [6, 6.07) is 11.3. The van der Waals surface area contributed by atoms with Gasteiger partial charge in [0.1, 0.15) is 5.60 Å². The molecule has 0 radical (unpaired) electrons. The molecule has 0 bridgehead atoms. The van der Waals surface area contributed by atoms with Crippen LogP contribution in [0.3, 0.4) is 0 Å². The van der Waals surface area contributed by atoms with Gasteiger partial charge in [0.05, 0.1) is 17.3 Å². The molecule has 0 fully saturated rings. The summed E-state index contributed by atoms with van der Waals surface area (Å²) < 4.78 is 5.64. The maximum Gasteiger partial charge on any atom is 0.227 e. The Balaban J connectivity index is 0.00000136. The van der Waals surface area contributed by atoms with Crippen molar-refractivity contribution >= 4 is 5.95 Å². The van der Waals surface area contributed by atoms with Gasteiger partial charge in [-0.3, -0.25) is 0 Å². The number of hydrogen-bond acceptors (Lipinski definition) is 6. The van der Waals surface area contributed by atoms with Crippen molar-refractivity contribution in [1.82, 2.24) is 15.3 Å². The first-order valence-electron chi connectivity index (χ1n) is 9.38. The van der Waals surface area contributed by atoms with E-state index in [1.165, 1.54) is 0 Å². The summed E-state index contributed by atoms with van der Waals surface area (Å²) in [6.07, 6.45) is 8.57. The van der Waals surface area contributed by atoms with E-state index < -0.39 is 0 Å². The fourth-order valence-corrected chi connectivity index (χ4v) is 2.86. The maximum absolute atomic E-state index is 9.06. The first-order chi connectivity index (χ1) is 13.7. The first kappa shape index (κ1) is 21.3. The zero-order valence-corrected chi connectivity index (χ0v) is 16.9. The summed E-state index contributed by atoms with van der Waals surface area (Å²) in [7, 11) is 3.63. The molecule has 1 unspecified atom stereocenters. The third-order valence-electron chi connectivity index (χ3n) is 4.32. The Bertz CT molecular complexity index is 884. The van der Waals surface area contributed by atoms with Gasteiger partial charge in [-0.25, -0.2) is 9.97 Å². The van der Waals surface area contributed by atoms with E-state index >= 15 is 0 Å². The van der Waals surface area contributed by atoms with Crippen molar-refractivity contribution in [2.45, 2.75) is 25.9 Å². The van der Waals surface area contributed by atoms with E-state index in [1.54, 1.807) is 19.4 Å². The Morgan fingerprint density at radius 1 is 1.29 bits per heavy atom. The number of nitriles is 1. The fourth-order valence-electron chi connectivity index (χ4n) is 2.86. The van der Waals surface area contributed by atoms with Gasteiger partial charge in [0.25, 0.3) is 0 Å². The van der Waals surface area contributed by atoms with Crippen LogP contribution >= 0.6 is 0 Å². The van der Waals surface area contributed by atoms with Gasteiger partial charge in [-0.15, -0.1) is 0 Å².